The summed E-state index contributed by atoms with van der Waals surface area (Å²) in [5.41, 5.74) is 6.19. The third-order valence-electron chi connectivity index (χ3n) is 3.82. The van der Waals surface area contributed by atoms with E-state index in [0.717, 1.165) is 25.7 Å². The van der Waals surface area contributed by atoms with Gasteiger partial charge in [0.05, 0.1) is 6.61 Å². The van der Waals surface area contributed by atoms with Crippen molar-refractivity contribution in [3.8, 4) is 0 Å². The van der Waals surface area contributed by atoms with Crippen molar-refractivity contribution in [3.63, 3.8) is 0 Å². The smallest absolute Gasteiger partial charge is 0.322 e. The minimum absolute atomic E-state index is 0.214. The topological polar surface area (TPSA) is 52.3 Å². The highest BCUT2D eigenvalue weighted by atomic mass is 16.5. The molecule has 1 fully saturated rings. The van der Waals surface area contributed by atoms with Gasteiger partial charge in [0.2, 0.25) is 0 Å². The van der Waals surface area contributed by atoms with Crippen LogP contribution in [-0.2, 0) is 9.53 Å². The molecule has 0 aromatic rings. The van der Waals surface area contributed by atoms with Crippen LogP contribution in [0.25, 0.3) is 0 Å². The van der Waals surface area contributed by atoms with Crippen molar-refractivity contribution in [2.75, 3.05) is 6.61 Å². The normalized spacial score (nSPS) is 20.2. The number of nitrogens with two attached hydrogens (primary N) is 1. The molecule has 3 nitrogen and oxygen atoms in total. The van der Waals surface area contributed by atoms with Crippen molar-refractivity contribution in [2.45, 2.75) is 71.3 Å². The van der Waals surface area contributed by atoms with E-state index in [1.807, 2.05) is 0 Å². The van der Waals surface area contributed by atoms with Crippen LogP contribution in [0.4, 0.5) is 0 Å². The van der Waals surface area contributed by atoms with E-state index in [9.17, 15) is 4.79 Å². The molecular formula is C14H27NO2. The van der Waals surface area contributed by atoms with Crippen molar-refractivity contribution in [2.24, 2.45) is 11.1 Å². The quantitative estimate of drug-likeness (QED) is 0.550. The number of ether oxygens (including phenoxy) is 1. The van der Waals surface area contributed by atoms with Gasteiger partial charge in [-0.25, -0.2) is 0 Å². The summed E-state index contributed by atoms with van der Waals surface area (Å²) in [6.07, 6.45) is 8.92. The number of hydrogen-bond donors (Lipinski definition) is 1. The molecular weight excluding hydrogens is 214 g/mol. The van der Waals surface area contributed by atoms with E-state index < -0.39 is 6.04 Å². The maximum atomic E-state index is 11.7. The van der Waals surface area contributed by atoms with E-state index in [-0.39, 0.29) is 11.4 Å². The molecule has 0 saturated heterocycles. The number of esters is 1. The maximum Gasteiger partial charge on any atom is 0.322 e. The van der Waals surface area contributed by atoms with E-state index >= 15 is 0 Å². The van der Waals surface area contributed by atoms with Crippen LogP contribution in [0.2, 0.25) is 0 Å². The van der Waals surface area contributed by atoms with Crippen LogP contribution in [-0.4, -0.2) is 18.6 Å². The van der Waals surface area contributed by atoms with Gasteiger partial charge in [-0.1, -0.05) is 39.5 Å². The first-order valence-electron chi connectivity index (χ1n) is 6.99. The Balaban J connectivity index is 2.22. The molecule has 2 N–H and O–H groups in total. The third-order valence-corrected chi connectivity index (χ3v) is 3.82. The van der Waals surface area contributed by atoms with E-state index in [1.165, 1.54) is 25.7 Å². The first kappa shape index (κ1) is 14.5. The van der Waals surface area contributed by atoms with E-state index in [4.69, 9.17) is 10.5 Å². The Morgan fingerprint density at radius 3 is 2.59 bits per heavy atom. The summed E-state index contributed by atoms with van der Waals surface area (Å²) in [6, 6.07) is -0.431. The molecule has 0 aromatic carbocycles. The molecule has 1 aliphatic rings. The highest BCUT2D eigenvalue weighted by molar-refractivity contribution is 5.75. The average Bonchev–Trinajstić information content (AvgIpc) is 2.70. The summed E-state index contributed by atoms with van der Waals surface area (Å²) in [6.45, 7) is 4.90. The van der Waals surface area contributed by atoms with E-state index in [1.54, 1.807) is 0 Å². The summed E-state index contributed by atoms with van der Waals surface area (Å²) in [7, 11) is 0. The van der Waals surface area contributed by atoms with Gasteiger partial charge in [-0.15, -0.1) is 0 Å². The van der Waals surface area contributed by atoms with Gasteiger partial charge >= 0.3 is 5.97 Å². The monoisotopic (exact) mass is 241 g/mol. The van der Waals surface area contributed by atoms with Gasteiger partial charge in [0.25, 0.3) is 0 Å². The van der Waals surface area contributed by atoms with Gasteiger partial charge in [0.1, 0.15) is 6.04 Å². The second kappa shape index (κ2) is 7.00. The Hall–Kier alpha value is -0.570. The molecule has 1 saturated carbocycles. The number of hydrogen-bond acceptors (Lipinski definition) is 3. The van der Waals surface area contributed by atoms with E-state index in [0.29, 0.717) is 6.61 Å². The fourth-order valence-electron chi connectivity index (χ4n) is 2.68. The number of rotatable bonds is 7. The van der Waals surface area contributed by atoms with Gasteiger partial charge in [-0.2, -0.15) is 0 Å². The summed E-state index contributed by atoms with van der Waals surface area (Å²) < 4.78 is 5.20. The first-order chi connectivity index (χ1) is 8.07. The fourth-order valence-corrected chi connectivity index (χ4v) is 2.68. The summed E-state index contributed by atoms with van der Waals surface area (Å²) in [4.78, 5) is 11.7. The molecule has 1 unspecified atom stereocenters. The van der Waals surface area contributed by atoms with Crippen molar-refractivity contribution in [1.29, 1.82) is 0 Å². The van der Waals surface area contributed by atoms with E-state index in [2.05, 4.69) is 13.8 Å². The number of carbonyl (C=O) groups is 1. The molecule has 0 amide bonds. The highest BCUT2D eigenvalue weighted by Crippen LogP contribution is 2.41. The zero-order valence-electron chi connectivity index (χ0n) is 11.3. The molecule has 0 spiro atoms. The molecule has 1 aliphatic carbocycles. The Morgan fingerprint density at radius 1 is 1.35 bits per heavy atom. The van der Waals surface area contributed by atoms with Gasteiger partial charge < -0.3 is 10.5 Å². The van der Waals surface area contributed by atoms with Gasteiger partial charge in [0, 0.05) is 0 Å². The van der Waals surface area contributed by atoms with Crippen LogP contribution in [0.5, 0.6) is 0 Å². The molecule has 1 rings (SSSR count). The summed E-state index contributed by atoms with van der Waals surface area (Å²) in [5, 5.41) is 0. The standard InChI is InChI=1S/C14H27NO2/c1-3-4-7-10-17-13(16)12(15)11-14(2)8-5-6-9-14/h12H,3-11,15H2,1-2H3. The molecule has 3 heteroatoms. The van der Waals surface area contributed by atoms with Crippen molar-refractivity contribution < 1.29 is 9.53 Å². The van der Waals surface area contributed by atoms with Crippen LogP contribution < -0.4 is 5.73 Å². The highest BCUT2D eigenvalue weighted by Gasteiger charge is 2.32. The Morgan fingerprint density at radius 2 is 2.00 bits per heavy atom. The molecule has 0 aromatic heterocycles. The lowest BCUT2D eigenvalue weighted by molar-refractivity contribution is -0.146. The predicted molar refractivity (Wildman–Crippen MR) is 69.7 cm³/mol. The van der Waals surface area contributed by atoms with Gasteiger partial charge in [-0.05, 0) is 31.1 Å². The van der Waals surface area contributed by atoms with Crippen LogP contribution >= 0.6 is 0 Å². The van der Waals surface area contributed by atoms with Crippen LogP contribution in [0, 0.1) is 5.41 Å². The van der Waals surface area contributed by atoms with Crippen LogP contribution in [0.3, 0.4) is 0 Å². The zero-order chi connectivity index (χ0) is 12.7. The van der Waals surface area contributed by atoms with Gasteiger partial charge in [0.15, 0.2) is 0 Å². The van der Waals surface area contributed by atoms with Crippen molar-refractivity contribution in [3.05, 3.63) is 0 Å². The zero-order valence-corrected chi connectivity index (χ0v) is 11.3. The minimum atomic E-state index is -0.431. The molecule has 1 atom stereocenters. The van der Waals surface area contributed by atoms with Gasteiger partial charge in [-0.3, -0.25) is 4.79 Å². The fraction of sp³-hybridized carbons (Fsp3) is 0.929. The lowest BCUT2D eigenvalue weighted by atomic mass is 9.82. The van der Waals surface area contributed by atoms with Crippen molar-refractivity contribution >= 4 is 5.97 Å². The Kier molecular flexibility index (Phi) is 5.96. The Labute approximate surface area is 105 Å². The second-order valence-corrected chi connectivity index (χ2v) is 5.70. The molecule has 0 bridgehead atoms. The lowest BCUT2D eigenvalue weighted by Crippen LogP contribution is -2.37. The Bertz CT molecular complexity index is 234. The summed E-state index contributed by atoms with van der Waals surface area (Å²) >= 11 is 0. The SMILES string of the molecule is CCCCCOC(=O)C(N)CC1(C)CCCC1. The van der Waals surface area contributed by atoms with Crippen LogP contribution in [0.15, 0.2) is 0 Å². The number of unbranched alkanes of at least 4 members (excludes halogenated alkanes) is 2. The molecule has 0 radical (unpaired) electrons. The average molecular weight is 241 g/mol. The molecule has 17 heavy (non-hydrogen) atoms. The lowest BCUT2D eigenvalue weighted by Gasteiger charge is -2.26. The predicted octanol–water partition coefficient (Wildman–Crippen LogP) is 3.02. The minimum Gasteiger partial charge on any atom is -0.465 e. The number of carbonyl (C=O) groups excluding carboxylic acids is 1. The second-order valence-electron chi connectivity index (χ2n) is 5.70. The molecule has 0 heterocycles. The first-order valence-corrected chi connectivity index (χ1v) is 6.99. The third kappa shape index (κ3) is 5.07. The molecule has 0 aliphatic heterocycles. The summed E-state index contributed by atoms with van der Waals surface area (Å²) in [5.74, 6) is -0.214. The van der Waals surface area contributed by atoms with Crippen LogP contribution in [0.1, 0.15) is 65.2 Å². The van der Waals surface area contributed by atoms with Crippen molar-refractivity contribution in [1.82, 2.24) is 0 Å². The maximum absolute atomic E-state index is 11.7. The largest absolute Gasteiger partial charge is 0.465 e. The molecule has 100 valence electrons.